The summed E-state index contributed by atoms with van der Waals surface area (Å²) in [5, 5.41) is 3.57. The molecule has 1 fully saturated rings. The topological polar surface area (TPSA) is 21.3 Å². The van der Waals surface area contributed by atoms with Crippen LogP contribution in [0.25, 0.3) is 0 Å². The molecule has 1 unspecified atom stereocenters. The monoisotopic (exact) mass is 251 g/mol. The first-order chi connectivity index (χ1) is 8.68. The molecular formula is C16H29NO. The molecule has 0 aromatic heterocycles. The van der Waals surface area contributed by atoms with Crippen LogP contribution in [0.5, 0.6) is 0 Å². The van der Waals surface area contributed by atoms with Crippen LogP contribution in [0.4, 0.5) is 0 Å². The van der Waals surface area contributed by atoms with Crippen molar-refractivity contribution in [3.63, 3.8) is 0 Å². The van der Waals surface area contributed by atoms with Gasteiger partial charge in [-0.05, 0) is 56.6 Å². The van der Waals surface area contributed by atoms with E-state index in [9.17, 15) is 0 Å². The average molecular weight is 251 g/mol. The van der Waals surface area contributed by atoms with Gasteiger partial charge in [-0.25, -0.2) is 0 Å². The van der Waals surface area contributed by atoms with Gasteiger partial charge >= 0.3 is 0 Å². The molecule has 1 heterocycles. The summed E-state index contributed by atoms with van der Waals surface area (Å²) in [6, 6.07) is 0.433. The maximum absolute atomic E-state index is 5.95. The third-order valence-corrected chi connectivity index (χ3v) is 4.56. The van der Waals surface area contributed by atoms with E-state index in [-0.39, 0.29) is 0 Å². The van der Waals surface area contributed by atoms with E-state index in [2.05, 4.69) is 32.3 Å². The second kappa shape index (κ2) is 6.10. The van der Waals surface area contributed by atoms with Crippen LogP contribution in [0.3, 0.4) is 0 Å². The van der Waals surface area contributed by atoms with E-state index in [0.29, 0.717) is 11.5 Å². The zero-order chi connectivity index (χ0) is 13.0. The zero-order valence-corrected chi connectivity index (χ0v) is 12.3. The van der Waals surface area contributed by atoms with Crippen molar-refractivity contribution in [1.29, 1.82) is 0 Å². The second-order valence-electron chi connectivity index (χ2n) is 6.49. The van der Waals surface area contributed by atoms with E-state index in [1.54, 1.807) is 0 Å². The van der Waals surface area contributed by atoms with Gasteiger partial charge in [-0.2, -0.15) is 0 Å². The molecule has 0 radical (unpaired) electrons. The first-order valence-corrected chi connectivity index (χ1v) is 7.68. The minimum Gasteiger partial charge on any atom is -0.497 e. The van der Waals surface area contributed by atoms with Crippen molar-refractivity contribution in [3.05, 3.63) is 11.8 Å². The van der Waals surface area contributed by atoms with Gasteiger partial charge in [0.1, 0.15) is 5.76 Å². The lowest BCUT2D eigenvalue weighted by molar-refractivity contribution is 0.0989. The quantitative estimate of drug-likeness (QED) is 0.800. The molecule has 18 heavy (non-hydrogen) atoms. The fourth-order valence-electron chi connectivity index (χ4n) is 4.03. The van der Waals surface area contributed by atoms with Gasteiger partial charge in [-0.15, -0.1) is 0 Å². The van der Waals surface area contributed by atoms with Gasteiger partial charge in [-0.1, -0.05) is 26.7 Å². The summed E-state index contributed by atoms with van der Waals surface area (Å²) in [4.78, 5) is 0. The predicted molar refractivity (Wildman–Crippen MR) is 76.5 cm³/mol. The summed E-state index contributed by atoms with van der Waals surface area (Å²) >= 11 is 0. The standard InChI is InChI=1S/C16H29NO/c1-13(2)12-16(9-5-6-10-16)15(17-3)14-8-4-7-11-18-14/h8,13,15,17H,4-7,9-12H2,1-3H3. The van der Waals surface area contributed by atoms with Crippen molar-refractivity contribution in [1.82, 2.24) is 5.32 Å². The molecule has 2 heteroatoms. The molecule has 1 aliphatic carbocycles. The fourth-order valence-corrected chi connectivity index (χ4v) is 4.03. The van der Waals surface area contributed by atoms with Gasteiger partial charge < -0.3 is 10.1 Å². The highest BCUT2D eigenvalue weighted by atomic mass is 16.5. The van der Waals surface area contributed by atoms with Crippen molar-refractivity contribution < 1.29 is 4.74 Å². The number of allylic oxidation sites excluding steroid dienone is 1. The highest BCUT2D eigenvalue weighted by Gasteiger charge is 2.43. The molecule has 1 aliphatic heterocycles. The van der Waals surface area contributed by atoms with Crippen LogP contribution < -0.4 is 5.32 Å². The van der Waals surface area contributed by atoms with Crippen LogP contribution in [-0.4, -0.2) is 19.7 Å². The minimum atomic E-state index is 0.433. The van der Waals surface area contributed by atoms with Crippen molar-refractivity contribution in [3.8, 4) is 0 Å². The Kier molecular flexibility index (Phi) is 4.71. The molecule has 0 aromatic rings. The van der Waals surface area contributed by atoms with Gasteiger partial charge in [0.05, 0.1) is 12.6 Å². The van der Waals surface area contributed by atoms with Crippen molar-refractivity contribution >= 4 is 0 Å². The highest BCUT2D eigenvalue weighted by Crippen LogP contribution is 2.48. The van der Waals surface area contributed by atoms with Gasteiger partial charge in [-0.3, -0.25) is 0 Å². The summed E-state index contributed by atoms with van der Waals surface area (Å²) in [6.07, 6.45) is 11.5. The molecule has 1 N–H and O–H groups in total. The maximum atomic E-state index is 5.95. The largest absolute Gasteiger partial charge is 0.497 e. The molecule has 2 nitrogen and oxygen atoms in total. The summed E-state index contributed by atoms with van der Waals surface area (Å²) in [6.45, 7) is 5.60. The molecule has 0 bridgehead atoms. The molecule has 1 atom stereocenters. The van der Waals surface area contributed by atoms with Crippen LogP contribution in [0.1, 0.15) is 58.8 Å². The molecule has 2 rings (SSSR count). The highest BCUT2D eigenvalue weighted by molar-refractivity contribution is 5.13. The summed E-state index contributed by atoms with van der Waals surface area (Å²) in [5.74, 6) is 1.99. The van der Waals surface area contributed by atoms with Gasteiger partial charge in [0.2, 0.25) is 0 Å². The number of ether oxygens (including phenoxy) is 1. The zero-order valence-electron chi connectivity index (χ0n) is 12.3. The normalized spacial score (nSPS) is 24.8. The van der Waals surface area contributed by atoms with Crippen LogP contribution in [0.15, 0.2) is 11.8 Å². The van der Waals surface area contributed by atoms with E-state index in [1.807, 2.05) is 0 Å². The summed E-state index contributed by atoms with van der Waals surface area (Å²) in [7, 11) is 2.10. The van der Waals surface area contributed by atoms with Crippen LogP contribution in [0.2, 0.25) is 0 Å². The number of nitrogens with one attached hydrogen (secondary N) is 1. The lowest BCUT2D eigenvalue weighted by Gasteiger charge is -2.40. The first-order valence-electron chi connectivity index (χ1n) is 7.68. The lowest BCUT2D eigenvalue weighted by Crippen LogP contribution is -2.45. The Morgan fingerprint density at radius 2 is 2.00 bits per heavy atom. The number of rotatable bonds is 5. The van der Waals surface area contributed by atoms with Gasteiger partial charge in [0.25, 0.3) is 0 Å². The lowest BCUT2D eigenvalue weighted by atomic mass is 9.71. The average Bonchev–Trinajstić information content (AvgIpc) is 2.79. The van der Waals surface area contributed by atoms with E-state index < -0.39 is 0 Å². The summed E-state index contributed by atoms with van der Waals surface area (Å²) < 4.78 is 5.95. The van der Waals surface area contributed by atoms with Gasteiger partial charge in [0.15, 0.2) is 0 Å². The van der Waals surface area contributed by atoms with Gasteiger partial charge in [0, 0.05) is 0 Å². The molecule has 1 saturated carbocycles. The van der Waals surface area contributed by atoms with Crippen molar-refractivity contribution in [2.24, 2.45) is 11.3 Å². The number of hydrogen-bond donors (Lipinski definition) is 1. The third kappa shape index (κ3) is 2.90. The molecule has 104 valence electrons. The van der Waals surface area contributed by atoms with E-state index in [0.717, 1.165) is 12.5 Å². The van der Waals surface area contributed by atoms with E-state index in [1.165, 1.54) is 50.7 Å². The van der Waals surface area contributed by atoms with E-state index in [4.69, 9.17) is 4.74 Å². The molecule has 0 aromatic carbocycles. The minimum absolute atomic E-state index is 0.433. The maximum Gasteiger partial charge on any atom is 0.109 e. The second-order valence-corrected chi connectivity index (χ2v) is 6.49. The van der Waals surface area contributed by atoms with E-state index >= 15 is 0 Å². The Bertz CT molecular complexity index is 289. The molecule has 0 saturated heterocycles. The molecule has 0 spiro atoms. The Labute approximate surface area is 112 Å². The third-order valence-electron chi connectivity index (χ3n) is 4.56. The Balaban J connectivity index is 2.18. The van der Waals surface area contributed by atoms with Crippen LogP contribution in [0, 0.1) is 11.3 Å². The predicted octanol–water partition coefficient (Wildman–Crippen LogP) is 3.88. The Morgan fingerprint density at radius 1 is 1.28 bits per heavy atom. The van der Waals surface area contributed by atoms with Crippen molar-refractivity contribution in [2.45, 2.75) is 64.8 Å². The molecule has 0 amide bonds. The summed E-state index contributed by atoms with van der Waals surface area (Å²) in [5.41, 5.74) is 0.437. The SMILES string of the molecule is CNC(C1=CCCCO1)C1(CC(C)C)CCCC1. The smallest absolute Gasteiger partial charge is 0.109 e. The Morgan fingerprint density at radius 3 is 2.50 bits per heavy atom. The first kappa shape index (κ1) is 13.9. The van der Waals surface area contributed by atoms with Crippen LogP contribution in [-0.2, 0) is 4.74 Å². The van der Waals surface area contributed by atoms with Crippen LogP contribution >= 0.6 is 0 Å². The number of hydrogen-bond acceptors (Lipinski definition) is 2. The number of likely N-dealkylation sites (N-methyl/N-ethyl adjacent to an activating group) is 1. The molecule has 2 aliphatic rings. The fraction of sp³-hybridized carbons (Fsp3) is 0.875. The van der Waals surface area contributed by atoms with Crippen molar-refractivity contribution in [2.75, 3.05) is 13.7 Å². The molecular weight excluding hydrogens is 222 g/mol. The Hall–Kier alpha value is -0.500.